The summed E-state index contributed by atoms with van der Waals surface area (Å²) >= 11 is 4.19. The minimum absolute atomic E-state index is 1.36. The normalized spacial score (nSPS) is 4.83. The summed E-state index contributed by atoms with van der Waals surface area (Å²) < 4.78 is 0. The van der Waals surface area contributed by atoms with Crippen molar-refractivity contribution in [3.05, 3.63) is 13.2 Å². The van der Waals surface area contributed by atoms with E-state index in [-0.39, 0.29) is 0 Å². The van der Waals surface area contributed by atoms with Crippen molar-refractivity contribution in [1.29, 1.82) is 0 Å². The number of hydrogen-bond acceptors (Lipinski definition) is 1. The second-order valence-electron chi connectivity index (χ2n) is 0.253. The zero-order valence-electron chi connectivity index (χ0n) is 3.15. The van der Waals surface area contributed by atoms with Crippen LogP contribution in [-0.2, 0) is 0 Å². The van der Waals surface area contributed by atoms with Gasteiger partial charge in [0.2, 0.25) is 0 Å². The van der Waals surface area contributed by atoms with Crippen LogP contribution in [0.4, 0.5) is 4.79 Å². The molecule has 0 aliphatic rings. The van der Waals surface area contributed by atoms with Crippen LogP contribution in [0.25, 0.3) is 0 Å². The van der Waals surface area contributed by atoms with Crippen molar-refractivity contribution in [2.45, 2.75) is 0 Å². The maximum absolute atomic E-state index is 8.77. The zero-order chi connectivity index (χ0) is 5.58. The summed E-state index contributed by atoms with van der Waals surface area (Å²) in [6, 6.07) is 0. The van der Waals surface area contributed by atoms with Gasteiger partial charge in [-0.05, 0) is 0 Å². The topological polar surface area (TPSA) is 37.3 Å². The highest BCUT2D eigenvalue weighted by Gasteiger charge is 1.71. The first kappa shape index (κ1) is 9.09. The van der Waals surface area contributed by atoms with E-state index >= 15 is 0 Å². The zero-order valence-corrected chi connectivity index (χ0v) is 3.90. The summed E-state index contributed by atoms with van der Waals surface area (Å²) in [7, 11) is 0. The molecule has 0 heterocycles. The summed E-state index contributed by atoms with van der Waals surface area (Å²) in [6.07, 6.45) is 0. The van der Waals surface area contributed by atoms with Crippen molar-refractivity contribution in [1.82, 2.24) is 0 Å². The molecule has 0 saturated carbocycles. The molecule has 0 aromatic heterocycles. The monoisotopic (exact) mass is 108 g/mol. The van der Waals surface area contributed by atoms with Crippen LogP contribution in [-0.4, -0.2) is 10.5 Å². The van der Waals surface area contributed by atoms with Crippen LogP contribution in [0.1, 0.15) is 0 Å². The maximum atomic E-state index is 8.77. The number of rotatable bonds is 0. The van der Waals surface area contributed by atoms with Crippen LogP contribution in [0.15, 0.2) is 13.2 Å². The lowest BCUT2D eigenvalue weighted by molar-refractivity contribution is 0.220. The Morgan fingerprint density at radius 3 is 1.67 bits per heavy atom. The van der Waals surface area contributed by atoms with E-state index in [1.54, 1.807) is 0 Å². The Bertz CT molecular complexity index is 40.1. The highest BCUT2D eigenvalue weighted by atomic mass is 35.5. The number of hydrogen-bond donors (Lipinski definition) is 1. The molecule has 0 atom stereocenters. The van der Waals surface area contributed by atoms with Gasteiger partial charge < -0.3 is 5.11 Å². The quantitative estimate of drug-likeness (QED) is 0.379. The van der Waals surface area contributed by atoms with E-state index in [1.807, 2.05) is 0 Å². The van der Waals surface area contributed by atoms with E-state index in [1.165, 1.54) is 0 Å². The first-order valence-electron chi connectivity index (χ1n) is 1.12. The first-order chi connectivity index (χ1) is 2.73. The van der Waals surface area contributed by atoms with Crippen molar-refractivity contribution in [3.8, 4) is 0 Å². The van der Waals surface area contributed by atoms with Crippen molar-refractivity contribution in [2.75, 3.05) is 0 Å². The largest absolute Gasteiger partial charge is 0.469 e. The summed E-state index contributed by atoms with van der Waals surface area (Å²) in [6.45, 7) is 6.00. The van der Waals surface area contributed by atoms with E-state index in [0.717, 1.165) is 0 Å². The molecule has 0 aromatic rings. The third kappa shape index (κ3) is 87.5. The van der Waals surface area contributed by atoms with Crippen molar-refractivity contribution in [2.24, 2.45) is 0 Å². The number of carboxylic acid groups (broad SMARTS) is 1. The predicted octanol–water partition coefficient (Wildman–Crippen LogP) is 1.71. The van der Waals surface area contributed by atoms with Gasteiger partial charge in [-0.3, -0.25) is 0 Å². The van der Waals surface area contributed by atoms with E-state index in [9.17, 15) is 0 Å². The van der Waals surface area contributed by atoms with Gasteiger partial charge in [-0.1, -0.05) is 0 Å². The van der Waals surface area contributed by atoms with Gasteiger partial charge in [0.05, 0.1) is 0 Å². The van der Waals surface area contributed by atoms with E-state index in [0.29, 0.717) is 0 Å². The summed E-state index contributed by atoms with van der Waals surface area (Å²) in [5, 5.41) is 7.18. The third-order valence-electron chi connectivity index (χ3n) is 0. The molecule has 0 rings (SSSR count). The van der Waals surface area contributed by atoms with Crippen LogP contribution in [0.5, 0.6) is 0 Å². The molecule has 36 valence electrons. The predicted molar refractivity (Wildman–Crippen MR) is 25.1 cm³/mol. The Hall–Kier alpha value is -0.500. The van der Waals surface area contributed by atoms with Gasteiger partial charge >= 0.3 is 5.43 Å². The third-order valence-corrected chi connectivity index (χ3v) is 0. The fraction of sp³-hybridized carbons (Fsp3) is 0. The SMILES string of the molecule is C=C.O=C(O)Cl. The second kappa shape index (κ2) is 8.82. The highest BCUT2D eigenvalue weighted by Crippen LogP contribution is 1.67. The smallest absolute Gasteiger partial charge is 0.401 e. The molecule has 0 aromatic carbocycles. The Morgan fingerprint density at radius 1 is 1.67 bits per heavy atom. The highest BCUT2D eigenvalue weighted by molar-refractivity contribution is 6.60. The van der Waals surface area contributed by atoms with Crippen LogP contribution >= 0.6 is 11.6 Å². The molecule has 0 aliphatic carbocycles. The van der Waals surface area contributed by atoms with Crippen LogP contribution in [0.2, 0.25) is 0 Å². The molecule has 0 fully saturated rings. The molecule has 0 bridgehead atoms. The number of halogens is 1. The molecule has 0 aliphatic heterocycles. The standard InChI is InChI=1S/C2H4.CHClO2/c1-2;2-1(3)4/h1-2H2;(H,3,4). The molecule has 0 saturated heterocycles. The molecule has 2 nitrogen and oxygen atoms in total. The van der Waals surface area contributed by atoms with Gasteiger partial charge in [-0.2, -0.15) is 0 Å². The van der Waals surface area contributed by atoms with Crippen molar-refractivity contribution in [3.63, 3.8) is 0 Å². The molecule has 0 radical (unpaired) electrons. The lowest BCUT2D eigenvalue weighted by atomic mass is 11.3. The average Bonchev–Trinajstić information content (AvgIpc) is 1.41. The van der Waals surface area contributed by atoms with Crippen molar-refractivity contribution < 1.29 is 9.90 Å². The van der Waals surface area contributed by atoms with Gasteiger partial charge in [0, 0.05) is 11.6 Å². The first-order valence-corrected chi connectivity index (χ1v) is 1.49. The van der Waals surface area contributed by atoms with Gasteiger partial charge in [-0.25, -0.2) is 4.79 Å². The van der Waals surface area contributed by atoms with Gasteiger partial charge in [0.25, 0.3) is 0 Å². The Balaban J connectivity index is 0. The summed E-state index contributed by atoms with van der Waals surface area (Å²) in [5.74, 6) is 0. The Labute approximate surface area is 41.0 Å². The molecule has 6 heavy (non-hydrogen) atoms. The lowest BCUT2D eigenvalue weighted by Gasteiger charge is -1.55. The maximum Gasteiger partial charge on any atom is 0.401 e. The second-order valence-corrected chi connectivity index (χ2v) is 0.576. The molecule has 0 amide bonds. The lowest BCUT2D eigenvalue weighted by Crippen LogP contribution is -1.66. The van der Waals surface area contributed by atoms with E-state index in [4.69, 9.17) is 9.90 Å². The molecular formula is C3H5ClO2. The fourth-order valence-corrected chi connectivity index (χ4v) is 0. The average molecular weight is 109 g/mol. The summed E-state index contributed by atoms with van der Waals surface area (Å²) in [5.41, 5.74) is -1.36. The molecule has 3 heteroatoms. The van der Waals surface area contributed by atoms with Crippen molar-refractivity contribution >= 4 is 17.0 Å². The Kier molecular flexibility index (Phi) is 13.4. The van der Waals surface area contributed by atoms with E-state index in [2.05, 4.69) is 24.8 Å². The molecule has 0 spiro atoms. The molecule has 1 N–H and O–H groups in total. The van der Waals surface area contributed by atoms with Crippen LogP contribution in [0.3, 0.4) is 0 Å². The molecular weight excluding hydrogens is 103 g/mol. The Morgan fingerprint density at radius 2 is 1.67 bits per heavy atom. The number of carbonyl (C=O) groups is 1. The van der Waals surface area contributed by atoms with Crippen LogP contribution in [0, 0.1) is 0 Å². The van der Waals surface area contributed by atoms with E-state index < -0.39 is 5.43 Å². The molecule has 0 unspecified atom stereocenters. The van der Waals surface area contributed by atoms with Crippen LogP contribution < -0.4 is 0 Å². The minimum Gasteiger partial charge on any atom is -0.469 e. The minimum atomic E-state index is -1.36. The van der Waals surface area contributed by atoms with Gasteiger partial charge in [0.15, 0.2) is 0 Å². The van der Waals surface area contributed by atoms with Gasteiger partial charge in [0.1, 0.15) is 0 Å². The summed E-state index contributed by atoms with van der Waals surface area (Å²) in [4.78, 5) is 8.77. The van der Waals surface area contributed by atoms with Gasteiger partial charge in [-0.15, -0.1) is 13.2 Å². The fourth-order valence-electron chi connectivity index (χ4n) is 0.